The molecule has 3 heterocycles. The molecule has 1 aliphatic heterocycles. The van der Waals surface area contributed by atoms with E-state index in [2.05, 4.69) is 20.3 Å². The summed E-state index contributed by atoms with van der Waals surface area (Å²) in [7, 11) is 1.82. The van der Waals surface area contributed by atoms with Crippen molar-refractivity contribution in [2.45, 2.75) is 32.2 Å². The molecule has 0 atom stereocenters. The number of amides is 1. The molecule has 2 aromatic heterocycles. The van der Waals surface area contributed by atoms with Gasteiger partial charge in [-0.2, -0.15) is 0 Å². The summed E-state index contributed by atoms with van der Waals surface area (Å²) in [6.07, 6.45) is 5.26. The Morgan fingerprint density at radius 2 is 2.12 bits per heavy atom. The Morgan fingerprint density at radius 1 is 1.36 bits per heavy atom. The average Bonchev–Trinajstić information content (AvgIpc) is 2.65. The van der Waals surface area contributed by atoms with Gasteiger partial charge in [0.1, 0.15) is 5.82 Å². The fourth-order valence-corrected chi connectivity index (χ4v) is 3.13. The van der Waals surface area contributed by atoms with Crippen LogP contribution in [0.4, 0.5) is 0 Å². The maximum atomic E-state index is 12.6. The van der Waals surface area contributed by atoms with Gasteiger partial charge in [-0.15, -0.1) is 0 Å². The molecule has 0 radical (unpaired) electrons. The standard InChI is InChI=1S/C18H23N5O2/c1-12-15(10-16(24)23(2)14-5-8-19-9-6-14)18(25)22-17(21-12)13-4-3-7-20-11-13/h3-4,7,11,14,19H,5-6,8-10H2,1-2H3,(H,21,22,25). The SMILES string of the molecule is Cc1nc(-c2cccnc2)[nH]c(=O)c1CC(=O)N(C)C1CCNCC1. The van der Waals surface area contributed by atoms with Gasteiger partial charge in [-0.25, -0.2) is 4.98 Å². The molecule has 0 aromatic carbocycles. The lowest BCUT2D eigenvalue weighted by atomic mass is 10.0. The highest BCUT2D eigenvalue weighted by Crippen LogP contribution is 2.15. The molecule has 1 fully saturated rings. The molecule has 0 aliphatic carbocycles. The fourth-order valence-electron chi connectivity index (χ4n) is 3.13. The first-order valence-electron chi connectivity index (χ1n) is 8.53. The molecule has 1 saturated heterocycles. The molecule has 25 heavy (non-hydrogen) atoms. The monoisotopic (exact) mass is 341 g/mol. The van der Waals surface area contributed by atoms with E-state index >= 15 is 0 Å². The first-order valence-corrected chi connectivity index (χ1v) is 8.53. The third kappa shape index (κ3) is 3.93. The zero-order valence-electron chi connectivity index (χ0n) is 14.6. The molecule has 3 rings (SSSR count). The van der Waals surface area contributed by atoms with Crippen LogP contribution in [0.3, 0.4) is 0 Å². The summed E-state index contributed by atoms with van der Waals surface area (Å²) in [6.45, 7) is 3.61. The number of carbonyl (C=O) groups excluding carboxylic acids is 1. The van der Waals surface area contributed by atoms with E-state index in [1.54, 1.807) is 30.3 Å². The van der Waals surface area contributed by atoms with Crippen molar-refractivity contribution in [2.24, 2.45) is 0 Å². The van der Waals surface area contributed by atoms with E-state index in [0.29, 0.717) is 17.1 Å². The van der Waals surface area contributed by atoms with Crippen LogP contribution in [-0.2, 0) is 11.2 Å². The van der Waals surface area contributed by atoms with Crippen molar-refractivity contribution in [3.05, 3.63) is 46.1 Å². The van der Waals surface area contributed by atoms with Crippen LogP contribution in [0, 0.1) is 6.92 Å². The number of H-pyrrole nitrogens is 1. The molecule has 0 bridgehead atoms. The molecular formula is C18H23N5O2. The second kappa shape index (κ2) is 7.57. The Morgan fingerprint density at radius 3 is 2.76 bits per heavy atom. The maximum absolute atomic E-state index is 12.6. The van der Waals surface area contributed by atoms with Crippen molar-refractivity contribution < 1.29 is 4.79 Å². The number of aromatic amines is 1. The van der Waals surface area contributed by atoms with Crippen molar-refractivity contribution in [3.8, 4) is 11.4 Å². The third-order valence-electron chi connectivity index (χ3n) is 4.74. The summed E-state index contributed by atoms with van der Waals surface area (Å²) in [5, 5.41) is 3.29. The number of pyridine rings is 1. The summed E-state index contributed by atoms with van der Waals surface area (Å²) >= 11 is 0. The van der Waals surface area contributed by atoms with Crippen molar-refractivity contribution in [2.75, 3.05) is 20.1 Å². The lowest BCUT2D eigenvalue weighted by Crippen LogP contribution is -2.45. The number of aryl methyl sites for hydroxylation is 1. The number of hydrogen-bond acceptors (Lipinski definition) is 5. The summed E-state index contributed by atoms with van der Waals surface area (Å²) in [5.74, 6) is 0.426. The summed E-state index contributed by atoms with van der Waals surface area (Å²) < 4.78 is 0. The third-order valence-corrected chi connectivity index (χ3v) is 4.74. The van der Waals surface area contributed by atoms with Gasteiger partial charge in [0.05, 0.1) is 6.42 Å². The summed E-state index contributed by atoms with van der Waals surface area (Å²) in [6, 6.07) is 3.85. The van der Waals surface area contributed by atoms with Gasteiger partial charge in [0.15, 0.2) is 0 Å². The number of rotatable bonds is 4. The Hall–Kier alpha value is -2.54. The number of aromatic nitrogens is 3. The minimum atomic E-state index is -0.265. The second-order valence-corrected chi connectivity index (χ2v) is 6.38. The molecular weight excluding hydrogens is 318 g/mol. The number of carbonyl (C=O) groups is 1. The van der Waals surface area contributed by atoms with Gasteiger partial charge in [0, 0.05) is 42.3 Å². The van der Waals surface area contributed by atoms with Gasteiger partial charge in [0.2, 0.25) is 5.91 Å². The first kappa shape index (κ1) is 17.3. The fraction of sp³-hybridized carbons (Fsp3) is 0.444. The highest BCUT2D eigenvalue weighted by atomic mass is 16.2. The predicted molar refractivity (Wildman–Crippen MR) is 95.2 cm³/mol. The molecule has 0 saturated carbocycles. The Kier molecular flexibility index (Phi) is 5.23. The zero-order chi connectivity index (χ0) is 17.8. The van der Waals surface area contributed by atoms with Crippen molar-refractivity contribution in [1.82, 2.24) is 25.2 Å². The summed E-state index contributed by atoms with van der Waals surface area (Å²) in [4.78, 5) is 38.1. The number of nitrogens with one attached hydrogen (secondary N) is 2. The molecule has 7 heteroatoms. The van der Waals surface area contributed by atoms with E-state index in [-0.39, 0.29) is 23.9 Å². The van der Waals surface area contributed by atoms with E-state index in [9.17, 15) is 9.59 Å². The van der Waals surface area contributed by atoms with E-state index < -0.39 is 0 Å². The van der Waals surface area contributed by atoms with Crippen LogP contribution in [-0.4, -0.2) is 51.9 Å². The van der Waals surface area contributed by atoms with Gasteiger partial charge >= 0.3 is 0 Å². The minimum Gasteiger partial charge on any atom is -0.342 e. The molecule has 2 aromatic rings. The summed E-state index contributed by atoms with van der Waals surface area (Å²) in [5.41, 5.74) is 1.49. The van der Waals surface area contributed by atoms with Crippen LogP contribution in [0.15, 0.2) is 29.3 Å². The van der Waals surface area contributed by atoms with Crippen LogP contribution in [0.2, 0.25) is 0 Å². The maximum Gasteiger partial charge on any atom is 0.255 e. The van der Waals surface area contributed by atoms with Crippen LogP contribution in [0.1, 0.15) is 24.1 Å². The van der Waals surface area contributed by atoms with Crippen LogP contribution < -0.4 is 10.9 Å². The molecule has 1 aliphatic rings. The number of nitrogens with zero attached hydrogens (tertiary/aromatic N) is 3. The molecule has 7 nitrogen and oxygen atoms in total. The molecule has 1 amide bonds. The smallest absolute Gasteiger partial charge is 0.255 e. The lowest BCUT2D eigenvalue weighted by Gasteiger charge is -2.31. The minimum absolute atomic E-state index is 0.0450. The van der Waals surface area contributed by atoms with E-state index in [1.807, 2.05) is 13.1 Å². The number of hydrogen-bond donors (Lipinski definition) is 2. The molecule has 0 unspecified atom stereocenters. The van der Waals surface area contributed by atoms with E-state index in [4.69, 9.17) is 0 Å². The quantitative estimate of drug-likeness (QED) is 0.862. The zero-order valence-corrected chi connectivity index (χ0v) is 14.6. The normalized spacial score (nSPS) is 15.1. The lowest BCUT2D eigenvalue weighted by molar-refractivity contribution is -0.131. The Balaban J connectivity index is 1.78. The Labute approximate surface area is 146 Å². The van der Waals surface area contributed by atoms with Crippen molar-refractivity contribution in [3.63, 3.8) is 0 Å². The van der Waals surface area contributed by atoms with Crippen LogP contribution >= 0.6 is 0 Å². The first-order chi connectivity index (χ1) is 12.1. The number of likely N-dealkylation sites (N-methyl/N-ethyl adjacent to an activating group) is 1. The van der Waals surface area contributed by atoms with Gasteiger partial charge in [-0.05, 0) is 45.0 Å². The van der Waals surface area contributed by atoms with Gasteiger partial charge < -0.3 is 15.2 Å². The van der Waals surface area contributed by atoms with Crippen LogP contribution in [0.5, 0.6) is 0 Å². The molecule has 132 valence electrons. The predicted octanol–water partition coefficient (Wildman–Crippen LogP) is 0.893. The van der Waals surface area contributed by atoms with Crippen molar-refractivity contribution in [1.29, 1.82) is 0 Å². The topological polar surface area (TPSA) is 91.0 Å². The van der Waals surface area contributed by atoms with Gasteiger partial charge in [0.25, 0.3) is 5.56 Å². The molecule has 0 spiro atoms. The van der Waals surface area contributed by atoms with Gasteiger partial charge in [-0.1, -0.05) is 0 Å². The second-order valence-electron chi connectivity index (χ2n) is 6.38. The Bertz CT molecular complexity index is 797. The van der Waals surface area contributed by atoms with Gasteiger partial charge in [-0.3, -0.25) is 14.6 Å². The van der Waals surface area contributed by atoms with Crippen molar-refractivity contribution >= 4 is 5.91 Å². The van der Waals surface area contributed by atoms with E-state index in [1.165, 1.54) is 0 Å². The highest BCUT2D eigenvalue weighted by molar-refractivity contribution is 5.79. The highest BCUT2D eigenvalue weighted by Gasteiger charge is 2.23. The van der Waals surface area contributed by atoms with Crippen LogP contribution in [0.25, 0.3) is 11.4 Å². The number of piperidine rings is 1. The molecule has 2 N–H and O–H groups in total. The van der Waals surface area contributed by atoms with E-state index in [0.717, 1.165) is 31.5 Å². The average molecular weight is 341 g/mol. The largest absolute Gasteiger partial charge is 0.342 e.